The number of rotatable bonds is 1. The van der Waals surface area contributed by atoms with Crippen LogP contribution in [0.15, 0.2) is 12.1 Å². The Balaban J connectivity index is 0.000000561. The Morgan fingerprint density at radius 2 is 2.08 bits per heavy atom. The van der Waals surface area contributed by atoms with E-state index in [1.165, 1.54) is 12.1 Å². The highest BCUT2D eigenvalue weighted by Crippen LogP contribution is 2.07. The fraction of sp³-hybridized carbons (Fsp3) is 0.250. The lowest BCUT2D eigenvalue weighted by Crippen LogP contribution is -1.90. The number of hydrogen-bond donors (Lipinski definition) is 0. The summed E-state index contributed by atoms with van der Waals surface area (Å²) in [6.07, 6.45) is 0.388. The number of pyridine rings is 1. The Kier molecular flexibility index (Phi) is 5.21. The Hall–Kier alpha value is -0.960. The molecule has 12 heavy (non-hydrogen) atoms. The Morgan fingerprint density at radius 3 is 2.50 bits per heavy atom. The van der Waals surface area contributed by atoms with Gasteiger partial charge in [-0.1, -0.05) is 25.4 Å². The van der Waals surface area contributed by atoms with Crippen molar-refractivity contribution in [3.63, 3.8) is 0 Å². The van der Waals surface area contributed by atoms with Crippen molar-refractivity contribution in [2.45, 2.75) is 13.8 Å². The second-order valence-corrected chi connectivity index (χ2v) is 2.02. The van der Waals surface area contributed by atoms with Crippen molar-refractivity contribution in [1.82, 2.24) is 4.98 Å². The van der Waals surface area contributed by atoms with Crippen molar-refractivity contribution >= 4 is 17.9 Å². The molecule has 0 unspecified atom stereocenters. The summed E-state index contributed by atoms with van der Waals surface area (Å²) in [6.45, 7) is 4.00. The molecule has 0 radical (unpaired) electrons. The molecule has 0 saturated carbocycles. The quantitative estimate of drug-likeness (QED) is 0.502. The maximum Gasteiger partial charge on any atom is 0.224 e. The summed E-state index contributed by atoms with van der Waals surface area (Å²) in [6, 6.07) is 2.63. The molecular formula is C8H9ClFNO. The Labute approximate surface area is 75.4 Å². The third kappa shape index (κ3) is 2.96. The van der Waals surface area contributed by atoms with E-state index in [9.17, 15) is 9.18 Å². The third-order valence-electron chi connectivity index (χ3n) is 0.971. The van der Waals surface area contributed by atoms with Crippen LogP contribution in [-0.2, 0) is 0 Å². The van der Waals surface area contributed by atoms with Crippen molar-refractivity contribution in [3.8, 4) is 0 Å². The van der Waals surface area contributed by atoms with E-state index in [-0.39, 0.29) is 10.7 Å². The van der Waals surface area contributed by atoms with E-state index in [1.54, 1.807) is 0 Å². The van der Waals surface area contributed by atoms with Crippen LogP contribution in [0.5, 0.6) is 0 Å². The fourth-order valence-electron chi connectivity index (χ4n) is 0.511. The molecule has 0 aliphatic rings. The van der Waals surface area contributed by atoms with E-state index in [0.717, 1.165) is 0 Å². The fourth-order valence-corrected chi connectivity index (χ4v) is 0.648. The highest BCUT2D eigenvalue weighted by molar-refractivity contribution is 6.29. The zero-order chi connectivity index (χ0) is 9.56. The second-order valence-electron chi connectivity index (χ2n) is 1.63. The molecule has 0 amide bonds. The van der Waals surface area contributed by atoms with E-state index in [1.807, 2.05) is 13.8 Å². The van der Waals surface area contributed by atoms with E-state index in [0.29, 0.717) is 6.29 Å². The monoisotopic (exact) mass is 189 g/mol. The number of aldehydes is 1. The average Bonchev–Trinajstić information content (AvgIpc) is 2.08. The molecule has 0 spiro atoms. The van der Waals surface area contributed by atoms with Gasteiger partial charge >= 0.3 is 0 Å². The topological polar surface area (TPSA) is 30.0 Å². The number of hydrogen-bond acceptors (Lipinski definition) is 2. The normalized spacial score (nSPS) is 8.33. The molecule has 0 bridgehead atoms. The van der Waals surface area contributed by atoms with Gasteiger partial charge in [0.25, 0.3) is 0 Å². The van der Waals surface area contributed by atoms with Crippen molar-refractivity contribution < 1.29 is 9.18 Å². The van der Waals surface area contributed by atoms with E-state index < -0.39 is 5.95 Å². The molecule has 2 nitrogen and oxygen atoms in total. The minimum atomic E-state index is -0.831. The van der Waals surface area contributed by atoms with Crippen LogP contribution < -0.4 is 0 Å². The molecular weight excluding hydrogens is 181 g/mol. The second kappa shape index (κ2) is 5.66. The highest BCUT2D eigenvalue weighted by Gasteiger charge is 2.00. The first-order chi connectivity index (χ1) is 5.74. The van der Waals surface area contributed by atoms with Gasteiger partial charge < -0.3 is 0 Å². The van der Waals surface area contributed by atoms with Gasteiger partial charge in [0.05, 0.1) is 5.56 Å². The Morgan fingerprint density at radius 1 is 1.50 bits per heavy atom. The first-order valence-electron chi connectivity index (χ1n) is 3.51. The lowest BCUT2D eigenvalue weighted by Gasteiger charge is -1.91. The van der Waals surface area contributed by atoms with Crippen LogP contribution in [0.2, 0.25) is 5.15 Å². The SMILES string of the molecule is CC.O=Cc1ccc(Cl)nc1F. The third-order valence-corrected chi connectivity index (χ3v) is 1.18. The first-order valence-corrected chi connectivity index (χ1v) is 3.89. The number of carbonyl (C=O) groups excluding carboxylic acids is 1. The van der Waals surface area contributed by atoms with Gasteiger partial charge in [0.2, 0.25) is 5.95 Å². The molecule has 0 aliphatic carbocycles. The van der Waals surface area contributed by atoms with Crippen molar-refractivity contribution in [2.75, 3.05) is 0 Å². The zero-order valence-corrected chi connectivity index (χ0v) is 7.60. The maximum atomic E-state index is 12.4. The number of aromatic nitrogens is 1. The average molecular weight is 190 g/mol. The van der Waals surface area contributed by atoms with E-state index in [4.69, 9.17) is 11.6 Å². The molecule has 1 heterocycles. The number of nitrogens with zero attached hydrogens (tertiary/aromatic N) is 1. The van der Waals surface area contributed by atoms with E-state index >= 15 is 0 Å². The summed E-state index contributed by atoms with van der Waals surface area (Å²) in [5, 5.41) is 0.0445. The lowest BCUT2D eigenvalue weighted by molar-refractivity contribution is 0.111. The summed E-state index contributed by atoms with van der Waals surface area (Å²) in [4.78, 5) is 13.2. The predicted octanol–water partition coefficient (Wildman–Crippen LogP) is 2.71. The first kappa shape index (κ1) is 11.0. The predicted molar refractivity (Wildman–Crippen MR) is 45.9 cm³/mol. The standard InChI is InChI=1S/C6H3ClFNO.C2H6/c7-5-2-1-4(3-10)6(8)9-5;1-2/h1-3H;1-2H3. The van der Waals surface area contributed by atoms with Crippen LogP contribution in [0.4, 0.5) is 4.39 Å². The van der Waals surface area contributed by atoms with Gasteiger partial charge in [0.15, 0.2) is 6.29 Å². The van der Waals surface area contributed by atoms with Gasteiger partial charge in [-0.2, -0.15) is 4.39 Å². The number of carbonyl (C=O) groups is 1. The van der Waals surface area contributed by atoms with Gasteiger partial charge in [-0.15, -0.1) is 0 Å². The van der Waals surface area contributed by atoms with Crippen molar-refractivity contribution in [1.29, 1.82) is 0 Å². The molecule has 66 valence electrons. The zero-order valence-electron chi connectivity index (χ0n) is 6.84. The molecule has 0 aromatic carbocycles. The van der Waals surface area contributed by atoms with Crippen LogP contribution >= 0.6 is 11.6 Å². The molecule has 1 rings (SSSR count). The van der Waals surface area contributed by atoms with Crippen LogP contribution in [0.25, 0.3) is 0 Å². The lowest BCUT2D eigenvalue weighted by atomic mass is 10.3. The summed E-state index contributed by atoms with van der Waals surface area (Å²) < 4.78 is 12.4. The number of halogens is 2. The van der Waals surface area contributed by atoms with Gasteiger partial charge in [-0.3, -0.25) is 4.79 Å². The minimum Gasteiger partial charge on any atom is -0.298 e. The van der Waals surface area contributed by atoms with Crippen LogP contribution in [-0.4, -0.2) is 11.3 Å². The summed E-state index contributed by atoms with van der Waals surface area (Å²) in [7, 11) is 0. The minimum absolute atomic E-state index is 0.0445. The molecule has 0 N–H and O–H groups in total. The molecule has 1 aromatic heterocycles. The molecule has 0 saturated heterocycles. The Bertz CT molecular complexity index is 265. The molecule has 0 atom stereocenters. The molecule has 0 fully saturated rings. The van der Waals surface area contributed by atoms with Gasteiger partial charge in [0.1, 0.15) is 5.15 Å². The van der Waals surface area contributed by atoms with Gasteiger partial charge in [-0.25, -0.2) is 4.98 Å². The maximum absolute atomic E-state index is 12.4. The summed E-state index contributed by atoms with van der Waals surface area (Å²) in [5.41, 5.74) is -0.0793. The molecule has 1 aromatic rings. The van der Waals surface area contributed by atoms with Gasteiger partial charge in [-0.05, 0) is 12.1 Å². The largest absolute Gasteiger partial charge is 0.298 e. The smallest absolute Gasteiger partial charge is 0.224 e. The highest BCUT2D eigenvalue weighted by atomic mass is 35.5. The summed E-state index contributed by atoms with van der Waals surface area (Å²) in [5.74, 6) is -0.831. The van der Waals surface area contributed by atoms with E-state index in [2.05, 4.69) is 4.98 Å². The van der Waals surface area contributed by atoms with Crippen LogP contribution in [0.1, 0.15) is 24.2 Å². The van der Waals surface area contributed by atoms with Crippen LogP contribution in [0.3, 0.4) is 0 Å². The molecule has 4 heteroatoms. The van der Waals surface area contributed by atoms with Crippen LogP contribution in [0, 0.1) is 5.95 Å². The summed E-state index contributed by atoms with van der Waals surface area (Å²) >= 11 is 5.31. The van der Waals surface area contributed by atoms with Crippen molar-refractivity contribution in [2.24, 2.45) is 0 Å². The van der Waals surface area contributed by atoms with Gasteiger partial charge in [0, 0.05) is 0 Å². The molecule has 0 aliphatic heterocycles. The van der Waals surface area contributed by atoms with Crippen molar-refractivity contribution in [3.05, 3.63) is 28.8 Å².